The van der Waals surface area contributed by atoms with E-state index in [0.29, 0.717) is 16.9 Å². The molecule has 0 fully saturated rings. The number of H-pyrrole nitrogens is 1. The molecule has 3 N–H and O–H groups in total. The van der Waals surface area contributed by atoms with Gasteiger partial charge in [-0.3, -0.25) is 9.89 Å². The normalized spacial score (nSPS) is 11.6. The van der Waals surface area contributed by atoms with E-state index in [1.807, 2.05) is 67.6 Å². The number of para-hydroxylation sites is 2. The second kappa shape index (κ2) is 5.73. The summed E-state index contributed by atoms with van der Waals surface area (Å²) in [6, 6.07) is 18.7. The molecule has 0 bridgehead atoms. The van der Waals surface area contributed by atoms with Crippen molar-refractivity contribution in [3.8, 4) is 5.69 Å². The molecule has 22 heavy (non-hydrogen) atoms. The highest BCUT2D eigenvalue weighted by Gasteiger charge is 2.15. The van der Waals surface area contributed by atoms with Gasteiger partial charge in [0.15, 0.2) is 0 Å². The van der Waals surface area contributed by atoms with Crippen LogP contribution in [0.5, 0.6) is 0 Å². The van der Waals surface area contributed by atoms with Crippen LogP contribution in [-0.2, 0) is 0 Å². The standard InChI is InChI=1S/C17H16N4O/c1-12-15(16(18)19-13-8-4-2-5-9-13)17(22)21(20-12)14-10-6-3-7-11-14/h2-11,20H,1H3,(H2,18,19). The number of aryl methyl sites for hydroxylation is 1. The minimum Gasteiger partial charge on any atom is -0.383 e. The van der Waals surface area contributed by atoms with Crippen LogP contribution in [0.25, 0.3) is 5.69 Å². The van der Waals surface area contributed by atoms with Gasteiger partial charge in [0.1, 0.15) is 11.4 Å². The van der Waals surface area contributed by atoms with E-state index in [0.717, 1.165) is 5.69 Å². The molecule has 0 aliphatic rings. The van der Waals surface area contributed by atoms with Gasteiger partial charge in [0.2, 0.25) is 0 Å². The SMILES string of the molecule is Cc1[nH]n(-c2ccccc2)c(=O)c1C(N)=Nc1ccccc1. The minimum atomic E-state index is -0.208. The predicted octanol–water partition coefficient (Wildman–Crippen LogP) is 2.51. The molecule has 3 rings (SSSR count). The number of nitrogens with one attached hydrogen (secondary N) is 1. The molecule has 0 aliphatic heterocycles. The fourth-order valence-electron chi connectivity index (χ4n) is 2.30. The Bertz CT molecular complexity index is 861. The van der Waals surface area contributed by atoms with Crippen molar-refractivity contribution in [2.75, 3.05) is 0 Å². The van der Waals surface area contributed by atoms with Gasteiger partial charge in [0.05, 0.1) is 11.4 Å². The fraction of sp³-hybridized carbons (Fsp3) is 0.0588. The molecule has 5 nitrogen and oxygen atoms in total. The number of hydrogen-bond acceptors (Lipinski definition) is 2. The van der Waals surface area contributed by atoms with Crippen molar-refractivity contribution >= 4 is 11.5 Å². The topological polar surface area (TPSA) is 76.2 Å². The smallest absolute Gasteiger partial charge is 0.282 e. The number of aliphatic imine (C=N–C) groups is 1. The van der Waals surface area contributed by atoms with E-state index >= 15 is 0 Å². The van der Waals surface area contributed by atoms with Gasteiger partial charge in [-0.1, -0.05) is 36.4 Å². The summed E-state index contributed by atoms with van der Waals surface area (Å²) in [5, 5.41) is 3.04. The first-order chi connectivity index (χ1) is 10.7. The van der Waals surface area contributed by atoms with E-state index in [1.54, 1.807) is 0 Å². The molecule has 1 aromatic heterocycles. The number of rotatable bonds is 3. The third-order valence-electron chi connectivity index (χ3n) is 3.35. The Kier molecular flexibility index (Phi) is 3.62. The van der Waals surface area contributed by atoms with Gasteiger partial charge in [-0.2, -0.15) is 0 Å². The van der Waals surface area contributed by atoms with E-state index in [1.165, 1.54) is 4.68 Å². The Morgan fingerprint density at radius 2 is 1.64 bits per heavy atom. The van der Waals surface area contributed by atoms with Crippen LogP contribution < -0.4 is 11.3 Å². The fourth-order valence-corrected chi connectivity index (χ4v) is 2.30. The second-order valence-corrected chi connectivity index (χ2v) is 4.92. The average molecular weight is 292 g/mol. The summed E-state index contributed by atoms with van der Waals surface area (Å²) in [6.45, 7) is 1.81. The Labute approximate surface area is 127 Å². The molecular weight excluding hydrogens is 276 g/mol. The number of benzene rings is 2. The van der Waals surface area contributed by atoms with E-state index in [-0.39, 0.29) is 11.4 Å². The number of hydrogen-bond donors (Lipinski definition) is 2. The second-order valence-electron chi connectivity index (χ2n) is 4.92. The van der Waals surface area contributed by atoms with Crippen molar-refractivity contribution in [2.24, 2.45) is 10.7 Å². The van der Waals surface area contributed by atoms with Gasteiger partial charge in [-0.15, -0.1) is 0 Å². The van der Waals surface area contributed by atoms with Crippen LogP contribution >= 0.6 is 0 Å². The lowest BCUT2D eigenvalue weighted by molar-refractivity contribution is 0.835. The van der Waals surface area contributed by atoms with Crippen molar-refractivity contribution in [2.45, 2.75) is 6.92 Å². The number of nitrogens with zero attached hydrogens (tertiary/aromatic N) is 2. The van der Waals surface area contributed by atoms with Gasteiger partial charge in [-0.05, 0) is 31.2 Å². The molecule has 5 heteroatoms. The molecular formula is C17H16N4O. The summed E-state index contributed by atoms with van der Waals surface area (Å²) in [7, 11) is 0. The van der Waals surface area contributed by atoms with E-state index in [9.17, 15) is 4.79 Å². The van der Waals surface area contributed by atoms with Crippen LogP contribution in [0.15, 0.2) is 70.5 Å². The Morgan fingerprint density at radius 1 is 1.05 bits per heavy atom. The van der Waals surface area contributed by atoms with Crippen LogP contribution in [0.4, 0.5) is 5.69 Å². The first-order valence-corrected chi connectivity index (χ1v) is 6.93. The van der Waals surface area contributed by atoms with Gasteiger partial charge >= 0.3 is 0 Å². The maximum Gasteiger partial charge on any atom is 0.282 e. The molecule has 0 spiro atoms. The number of aromatic nitrogens is 2. The molecule has 0 radical (unpaired) electrons. The largest absolute Gasteiger partial charge is 0.383 e. The monoisotopic (exact) mass is 292 g/mol. The van der Waals surface area contributed by atoms with Crippen molar-refractivity contribution in [3.63, 3.8) is 0 Å². The molecule has 110 valence electrons. The minimum absolute atomic E-state index is 0.208. The highest BCUT2D eigenvalue weighted by atomic mass is 16.1. The summed E-state index contributed by atoms with van der Waals surface area (Å²) in [4.78, 5) is 16.9. The molecule has 3 aromatic rings. The van der Waals surface area contributed by atoms with Crippen molar-refractivity contribution < 1.29 is 0 Å². The van der Waals surface area contributed by atoms with E-state index < -0.39 is 0 Å². The third-order valence-corrected chi connectivity index (χ3v) is 3.35. The lowest BCUT2D eigenvalue weighted by atomic mass is 10.2. The molecule has 0 amide bonds. The third kappa shape index (κ3) is 2.56. The van der Waals surface area contributed by atoms with E-state index in [4.69, 9.17) is 5.73 Å². The average Bonchev–Trinajstić information content (AvgIpc) is 2.84. The van der Waals surface area contributed by atoms with Crippen LogP contribution in [0.1, 0.15) is 11.3 Å². The van der Waals surface area contributed by atoms with Crippen molar-refractivity contribution in [1.82, 2.24) is 9.78 Å². The van der Waals surface area contributed by atoms with E-state index in [2.05, 4.69) is 10.1 Å². The van der Waals surface area contributed by atoms with Crippen LogP contribution in [0.2, 0.25) is 0 Å². The maximum atomic E-state index is 12.6. The summed E-state index contributed by atoms with van der Waals surface area (Å²) < 4.78 is 1.47. The molecule has 0 saturated carbocycles. The first kappa shape index (κ1) is 13.9. The van der Waals surface area contributed by atoms with Gasteiger partial charge in [0, 0.05) is 5.69 Å². The molecule has 0 unspecified atom stereocenters. The zero-order valence-electron chi connectivity index (χ0n) is 12.2. The summed E-state index contributed by atoms with van der Waals surface area (Å²) in [5.74, 6) is 0.208. The number of amidine groups is 1. The Balaban J connectivity index is 2.08. The lowest BCUT2D eigenvalue weighted by Crippen LogP contribution is -2.25. The molecule has 0 saturated heterocycles. The van der Waals surface area contributed by atoms with Gasteiger partial charge in [0.25, 0.3) is 5.56 Å². The van der Waals surface area contributed by atoms with Crippen molar-refractivity contribution in [3.05, 3.63) is 82.3 Å². The first-order valence-electron chi connectivity index (χ1n) is 6.93. The van der Waals surface area contributed by atoms with Crippen LogP contribution in [-0.4, -0.2) is 15.6 Å². The zero-order valence-corrected chi connectivity index (χ0v) is 12.2. The number of aromatic amines is 1. The van der Waals surface area contributed by atoms with Gasteiger partial charge in [-0.25, -0.2) is 9.67 Å². The van der Waals surface area contributed by atoms with Crippen LogP contribution in [0.3, 0.4) is 0 Å². The predicted molar refractivity (Wildman–Crippen MR) is 88.0 cm³/mol. The van der Waals surface area contributed by atoms with Crippen molar-refractivity contribution in [1.29, 1.82) is 0 Å². The van der Waals surface area contributed by atoms with Gasteiger partial charge < -0.3 is 5.73 Å². The highest BCUT2D eigenvalue weighted by Crippen LogP contribution is 2.12. The molecule has 1 heterocycles. The molecule has 0 atom stereocenters. The lowest BCUT2D eigenvalue weighted by Gasteiger charge is -1.99. The zero-order chi connectivity index (χ0) is 15.5. The molecule has 0 aliphatic carbocycles. The quantitative estimate of drug-likeness (QED) is 0.575. The maximum absolute atomic E-state index is 12.6. The molecule has 2 aromatic carbocycles. The summed E-state index contributed by atoms with van der Waals surface area (Å²) in [5.41, 5.74) is 8.38. The van der Waals surface area contributed by atoms with Crippen LogP contribution in [0, 0.1) is 6.92 Å². The summed E-state index contributed by atoms with van der Waals surface area (Å²) >= 11 is 0. The highest BCUT2D eigenvalue weighted by molar-refractivity contribution is 5.99. The number of nitrogens with two attached hydrogens (primary N) is 1. The summed E-state index contributed by atoms with van der Waals surface area (Å²) in [6.07, 6.45) is 0. The Morgan fingerprint density at radius 3 is 2.27 bits per heavy atom. The Hall–Kier alpha value is -3.08.